The van der Waals surface area contributed by atoms with Gasteiger partial charge in [0.15, 0.2) is 0 Å². The van der Waals surface area contributed by atoms with Gasteiger partial charge >= 0.3 is 11.8 Å². The van der Waals surface area contributed by atoms with Crippen LogP contribution in [0.25, 0.3) is 0 Å². The predicted octanol–water partition coefficient (Wildman–Crippen LogP) is 0.988. The molecule has 1 rings (SSSR count). The highest BCUT2D eigenvalue weighted by Crippen LogP contribution is 2.14. The first-order valence-electron chi connectivity index (χ1n) is 5.63. The second-order valence-electron chi connectivity index (χ2n) is 3.73. The van der Waals surface area contributed by atoms with Crippen LogP contribution in [0.3, 0.4) is 0 Å². The number of likely N-dealkylation sites (N-methyl/N-ethyl adjacent to an activating group) is 1. The van der Waals surface area contributed by atoms with E-state index in [1.807, 2.05) is 19.1 Å². The molecule has 0 bridgehead atoms. The zero-order valence-electron chi connectivity index (χ0n) is 10.4. The summed E-state index contributed by atoms with van der Waals surface area (Å²) in [6, 6.07) is 9.07. The molecule has 0 atom stereocenters. The molecule has 1 aromatic carbocycles. The van der Waals surface area contributed by atoms with Crippen LogP contribution < -0.4 is 10.2 Å². The first-order valence-corrected chi connectivity index (χ1v) is 5.63. The quantitative estimate of drug-likeness (QED) is 0.637. The van der Waals surface area contributed by atoms with E-state index < -0.39 is 11.8 Å². The van der Waals surface area contributed by atoms with Crippen molar-refractivity contribution in [3.8, 4) is 6.07 Å². The van der Waals surface area contributed by atoms with Gasteiger partial charge in [-0.15, -0.1) is 0 Å². The lowest BCUT2D eigenvalue weighted by Gasteiger charge is -2.20. The lowest BCUT2D eigenvalue weighted by molar-refractivity contribution is -0.137. The van der Waals surface area contributed by atoms with Gasteiger partial charge in [0.05, 0.1) is 6.07 Å². The second kappa shape index (κ2) is 6.40. The Morgan fingerprint density at radius 2 is 1.94 bits per heavy atom. The number of carbonyl (C=O) groups is 2. The molecule has 0 saturated carbocycles. The summed E-state index contributed by atoms with van der Waals surface area (Å²) in [5.74, 6) is -1.42. The van der Waals surface area contributed by atoms with Crippen LogP contribution in [0.2, 0.25) is 0 Å². The standard InChI is InChI=1S/C13H15N3O2/c1-3-16(11-6-4-10(2)5-7-11)13(18)12(17)15-9-8-14/h4-7H,3,9H2,1-2H3,(H,15,17). The van der Waals surface area contributed by atoms with Gasteiger partial charge in [0, 0.05) is 12.2 Å². The van der Waals surface area contributed by atoms with Crippen LogP contribution in [0.5, 0.6) is 0 Å². The van der Waals surface area contributed by atoms with Crippen molar-refractivity contribution in [2.24, 2.45) is 0 Å². The van der Waals surface area contributed by atoms with Crippen LogP contribution in [0, 0.1) is 18.3 Å². The number of hydrogen-bond donors (Lipinski definition) is 1. The van der Waals surface area contributed by atoms with Crippen molar-refractivity contribution in [3.63, 3.8) is 0 Å². The number of aryl methyl sites for hydroxylation is 1. The van der Waals surface area contributed by atoms with Crippen molar-refractivity contribution in [2.75, 3.05) is 18.0 Å². The van der Waals surface area contributed by atoms with Gasteiger partial charge in [-0.3, -0.25) is 9.59 Å². The van der Waals surface area contributed by atoms with Crippen molar-refractivity contribution in [2.45, 2.75) is 13.8 Å². The van der Waals surface area contributed by atoms with Crippen LogP contribution in [0.1, 0.15) is 12.5 Å². The van der Waals surface area contributed by atoms with Crippen LogP contribution in [0.15, 0.2) is 24.3 Å². The van der Waals surface area contributed by atoms with Gasteiger partial charge in [-0.25, -0.2) is 0 Å². The van der Waals surface area contributed by atoms with Gasteiger partial charge < -0.3 is 10.2 Å². The number of amides is 2. The maximum Gasteiger partial charge on any atom is 0.316 e. The summed E-state index contributed by atoms with van der Waals surface area (Å²) in [6.07, 6.45) is 0. The van der Waals surface area contributed by atoms with E-state index in [9.17, 15) is 9.59 Å². The molecule has 0 radical (unpaired) electrons. The highest BCUT2D eigenvalue weighted by atomic mass is 16.2. The van der Waals surface area contributed by atoms with Gasteiger partial charge in [0.25, 0.3) is 0 Å². The SMILES string of the molecule is CCN(C(=O)C(=O)NCC#N)c1ccc(C)cc1. The number of anilines is 1. The second-order valence-corrected chi connectivity index (χ2v) is 3.73. The summed E-state index contributed by atoms with van der Waals surface area (Å²) in [6.45, 7) is 3.95. The Bertz CT molecular complexity index is 474. The Morgan fingerprint density at radius 3 is 2.44 bits per heavy atom. The Kier molecular flexibility index (Phi) is 4.88. The highest BCUT2D eigenvalue weighted by Gasteiger charge is 2.21. The minimum atomic E-state index is -0.765. The fraction of sp³-hybridized carbons (Fsp3) is 0.308. The van der Waals surface area contributed by atoms with Gasteiger partial charge in [-0.1, -0.05) is 17.7 Å². The van der Waals surface area contributed by atoms with Gasteiger partial charge in [0.1, 0.15) is 6.54 Å². The lowest BCUT2D eigenvalue weighted by atomic mass is 10.2. The van der Waals surface area contributed by atoms with E-state index in [1.54, 1.807) is 25.1 Å². The third-order valence-corrected chi connectivity index (χ3v) is 2.43. The van der Waals surface area contributed by atoms with E-state index in [4.69, 9.17) is 5.26 Å². The normalized spacial score (nSPS) is 9.39. The zero-order chi connectivity index (χ0) is 13.5. The van der Waals surface area contributed by atoms with E-state index in [0.717, 1.165) is 5.56 Å². The van der Waals surface area contributed by atoms with Gasteiger partial charge in [0.2, 0.25) is 0 Å². The average molecular weight is 245 g/mol. The van der Waals surface area contributed by atoms with Crippen molar-refractivity contribution in [1.29, 1.82) is 5.26 Å². The van der Waals surface area contributed by atoms with Crippen LogP contribution in [-0.4, -0.2) is 24.9 Å². The Labute approximate surface area is 106 Å². The molecule has 0 aliphatic carbocycles. The molecular formula is C13H15N3O2. The van der Waals surface area contributed by atoms with Crippen molar-refractivity contribution in [3.05, 3.63) is 29.8 Å². The Balaban J connectivity index is 2.83. The Hall–Kier alpha value is -2.35. The summed E-state index contributed by atoms with van der Waals surface area (Å²) >= 11 is 0. The number of nitrogens with one attached hydrogen (secondary N) is 1. The molecule has 0 aliphatic heterocycles. The maximum atomic E-state index is 11.9. The summed E-state index contributed by atoms with van der Waals surface area (Å²) in [4.78, 5) is 24.7. The topological polar surface area (TPSA) is 73.2 Å². The molecule has 0 aromatic heterocycles. The van der Waals surface area contributed by atoms with E-state index in [-0.39, 0.29) is 6.54 Å². The third-order valence-electron chi connectivity index (χ3n) is 2.43. The first-order chi connectivity index (χ1) is 8.60. The molecule has 0 heterocycles. The molecule has 0 fully saturated rings. The molecule has 0 spiro atoms. The Morgan fingerprint density at radius 1 is 1.33 bits per heavy atom. The van der Waals surface area contributed by atoms with Crippen molar-refractivity contribution >= 4 is 17.5 Å². The molecule has 0 aliphatic rings. The fourth-order valence-corrected chi connectivity index (χ4v) is 1.49. The van der Waals surface area contributed by atoms with Gasteiger partial charge in [-0.05, 0) is 26.0 Å². The average Bonchev–Trinajstić information content (AvgIpc) is 2.38. The van der Waals surface area contributed by atoms with Crippen LogP contribution in [-0.2, 0) is 9.59 Å². The number of nitrogens with zero attached hydrogens (tertiary/aromatic N) is 2. The summed E-state index contributed by atoms with van der Waals surface area (Å²) in [7, 11) is 0. The zero-order valence-corrected chi connectivity index (χ0v) is 10.4. The lowest BCUT2D eigenvalue weighted by Crippen LogP contribution is -2.43. The molecule has 2 amide bonds. The number of carbonyl (C=O) groups excluding carboxylic acids is 2. The minimum absolute atomic E-state index is 0.171. The molecule has 0 saturated heterocycles. The largest absolute Gasteiger partial charge is 0.335 e. The first kappa shape index (κ1) is 13.7. The van der Waals surface area contributed by atoms with Crippen LogP contribution >= 0.6 is 0 Å². The van der Waals surface area contributed by atoms with E-state index >= 15 is 0 Å². The number of nitriles is 1. The molecule has 1 aromatic rings. The number of benzene rings is 1. The fourth-order valence-electron chi connectivity index (χ4n) is 1.49. The monoisotopic (exact) mass is 245 g/mol. The van der Waals surface area contributed by atoms with E-state index in [2.05, 4.69) is 5.32 Å². The van der Waals surface area contributed by atoms with Gasteiger partial charge in [-0.2, -0.15) is 5.26 Å². The van der Waals surface area contributed by atoms with E-state index in [1.165, 1.54) is 4.90 Å². The van der Waals surface area contributed by atoms with E-state index in [0.29, 0.717) is 12.2 Å². The highest BCUT2D eigenvalue weighted by molar-refractivity contribution is 6.40. The predicted molar refractivity (Wildman–Crippen MR) is 67.8 cm³/mol. The molecule has 5 heteroatoms. The third kappa shape index (κ3) is 3.32. The molecule has 1 N–H and O–H groups in total. The minimum Gasteiger partial charge on any atom is -0.335 e. The number of hydrogen-bond acceptors (Lipinski definition) is 3. The number of rotatable bonds is 3. The van der Waals surface area contributed by atoms with Crippen LogP contribution in [0.4, 0.5) is 5.69 Å². The molecule has 5 nitrogen and oxygen atoms in total. The molecule has 94 valence electrons. The van der Waals surface area contributed by atoms with Crippen molar-refractivity contribution < 1.29 is 9.59 Å². The van der Waals surface area contributed by atoms with Crippen molar-refractivity contribution in [1.82, 2.24) is 5.32 Å². The summed E-state index contributed by atoms with van der Waals surface area (Å²) < 4.78 is 0. The molecule has 0 unspecified atom stereocenters. The molecule has 18 heavy (non-hydrogen) atoms. The maximum absolute atomic E-state index is 11.9. The summed E-state index contributed by atoms with van der Waals surface area (Å²) in [5.41, 5.74) is 1.75. The smallest absolute Gasteiger partial charge is 0.316 e. The summed E-state index contributed by atoms with van der Waals surface area (Å²) in [5, 5.41) is 10.6. The molecular weight excluding hydrogens is 230 g/mol.